The second-order valence-electron chi connectivity index (χ2n) is 16.0. The Hall–Kier alpha value is -5.86. The van der Waals surface area contributed by atoms with Crippen LogP contribution in [0, 0.1) is 0 Å². The van der Waals surface area contributed by atoms with E-state index in [2.05, 4.69) is 40.4 Å². The number of aromatic nitrogens is 1. The van der Waals surface area contributed by atoms with E-state index < -0.39 is 40.7 Å². The Morgan fingerprint density at radius 1 is 0.615 bits per heavy atom. The SMILES string of the molecule is [N-]=[N+]=NCCCCCOC[C@H]1O[C@@H](OCCc2cn(S(=O)(=O)c3ccccc3)c3ccccc23)[C@H](OCc2ccc3ccccc3c2)[C@@H](OCc2ccccc2)[C@@H]1OCc1ccccc1. The molecule has 336 valence electrons. The summed E-state index contributed by atoms with van der Waals surface area (Å²) in [5.74, 6) is 0. The van der Waals surface area contributed by atoms with Gasteiger partial charge in [-0.1, -0.05) is 145 Å². The van der Waals surface area contributed by atoms with Crippen LogP contribution in [0.25, 0.3) is 32.1 Å². The van der Waals surface area contributed by atoms with Gasteiger partial charge < -0.3 is 28.4 Å². The number of unbranched alkanes of at least 4 members (excludes halogenated alkanes) is 2. The number of benzene rings is 6. The highest BCUT2D eigenvalue weighted by molar-refractivity contribution is 7.90. The van der Waals surface area contributed by atoms with Crippen LogP contribution in [0.4, 0.5) is 0 Å². The summed E-state index contributed by atoms with van der Waals surface area (Å²) in [6, 6.07) is 50.4. The lowest BCUT2D eigenvalue weighted by Crippen LogP contribution is -2.61. The Balaban J connectivity index is 1.09. The predicted octanol–water partition coefficient (Wildman–Crippen LogP) is 10.6. The lowest BCUT2D eigenvalue weighted by Gasteiger charge is -2.46. The van der Waals surface area contributed by atoms with Crippen LogP contribution < -0.4 is 0 Å². The maximum atomic E-state index is 13.9. The molecule has 1 aromatic heterocycles. The number of para-hydroxylation sites is 1. The van der Waals surface area contributed by atoms with Crippen LogP contribution in [0.5, 0.6) is 0 Å². The highest BCUT2D eigenvalue weighted by atomic mass is 32.2. The van der Waals surface area contributed by atoms with Crippen molar-refractivity contribution < 1.29 is 36.8 Å². The van der Waals surface area contributed by atoms with Gasteiger partial charge in [-0.2, -0.15) is 0 Å². The van der Waals surface area contributed by atoms with Gasteiger partial charge in [0.25, 0.3) is 10.0 Å². The Morgan fingerprint density at radius 2 is 1.25 bits per heavy atom. The first-order valence-electron chi connectivity index (χ1n) is 22.1. The van der Waals surface area contributed by atoms with Crippen molar-refractivity contribution in [3.63, 3.8) is 0 Å². The Kier molecular flexibility index (Phi) is 16.1. The van der Waals surface area contributed by atoms with Crippen molar-refractivity contribution in [3.8, 4) is 0 Å². The predicted molar refractivity (Wildman–Crippen MR) is 251 cm³/mol. The molecule has 1 fully saturated rings. The molecule has 65 heavy (non-hydrogen) atoms. The Bertz CT molecular complexity index is 2730. The van der Waals surface area contributed by atoms with Crippen molar-refractivity contribution in [1.82, 2.24) is 3.97 Å². The van der Waals surface area contributed by atoms with Gasteiger partial charge in [-0.3, -0.25) is 0 Å². The summed E-state index contributed by atoms with van der Waals surface area (Å²) in [5, 5.41) is 6.70. The van der Waals surface area contributed by atoms with Crippen LogP contribution in [0.2, 0.25) is 0 Å². The van der Waals surface area contributed by atoms with E-state index in [1.54, 1.807) is 36.5 Å². The molecule has 2 heterocycles. The van der Waals surface area contributed by atoms with E-state index in [9.17, 15) is 8.42 Å². The van der Waals surface area contributed by atoms with Gasteiger partial charge in [0.1, 0.15) is 24.4 Å². The molecule has 1 aliphatic rings. The molecule has 1 aliphatic heterocycles. The summed E-state index contributed by atoms with van der Waals surface area (Å²) < 4.78 is 69.8. The minimum absolute atomic E-state index is 0.180. The maximum Gasteiger partial charge on any atom is 0.268 e. The number of rotatable bonds is 23. The van der Waals surface area contributed by atoms with E-state index in [1.165, 1.54) is 3.97 Å². The largest absolute Gasteiger partial charge is 0.379 e. The fraction of sp³-hybridized carbons (Fsp3) is 0.308. The van der Waals surface area contributed by atoms with Crippen molar-refractivity contribution in [2.75, 3.05) is 26.4 Å². The third kappa shape index (κ3) is 11.9. The zero-order valence-corrected chi connectivity index (χ0v) is 37.0. The molecule has 12 nitrogen and oxygen atoms in total. The molecule has 0 bridgehead atoms. The van der Waals surface area contributed by atoms with Gasteiger partial charge in [0, 0.05) is 29.6 Å². The fourth-order valence-corrected chi connectivity index (χ4v) is 9.60. The third-order valence-electron chi connectivity index (χ3n) is 11.5. The molecule has 0 N–H and O–H groups in total. The number of azide groups is 1. The second-order valence-corrected chi connectivity index (χ2v) is 17.8. The highest BCUT2D eigenvalue weighted by Crippen LogP contribution is 2.33. The molecule has 7 aromatic rings. The molecule has 0 saturated carbocycles. The van der Waals surface area contributed by atoms with Crippen LogP contribution in [0.1, 0.15) is 41.5 Å². The van der Waals surface area contributed by atoms with Crippen molar-refractivity contribution in [3.05, 3.63) is 197 Å². The van der Waals surface area contributed by atoms with Crippen molar-refractivity contribution in [2.45, 2.75) is 81.1 Å². The zero-order chi connectivity index (χ0) is 44.7. The molecule has 0 unspecified atom stereocenters. The van der Waals surface area contributed by atoms with E-state index in [4.69, 9.17) is 34.0 Å². The topological polar surface area (TPSA) is 143 Å². The number of hydrogen-bond donors (Lipinski definition) is 0. The molecule has 5 atom stereocenters. The van der Waals surface area contributed by atoms with E-state index >= 15 is 0 Å². The summed E-state index contributed by atoms with van der Waals surface area (Å²) >= 11 is 0. The van der Waals surface area contributed by atoms with Crippen molar-refractivity contribution >= 4 is 31.7 Å². The molecule has 1 saturated heterocycles. The second kappa shape index (κ2) is 22.9. The monoisotopic (exact) mass is 894 g/mol. The number of ether oxygens (including phenoxy) is 6. The van der Waals surface area contributed by atoms with Crippen LogP contribution in [-0.4, -0.2) is 69.5 Å². The molecule has 0 radical (unpaired) electrons. The van der Waals surface area contributed by atoms with Gasteiger partial charge >= 0.3 is 0 Å². The first-order chi connectivity index (χ1) is 32.0. The average Bonchev–Trinajstić information content (AvgIpc) is 3.73. The van der Waals surface area contributed by atoms with Gasteiger partial charge in [-0.05, 0) is 82.1 Å². The van der Waals surface area contributed by atoms with Gasteiger partial charge in [0.15, 0.2) is 6.29 Å². The van der Waals surface area contributed by atoms with Crippen LogP contribution in [0.3, 0.4) is 0 Å². The summed E-state index contributed by atoms with van der Waals surface area (Å²) in [7, 11) is -3.87. The minimum Gasteiger partial charge on any atom is -0.379 e. The van der Waals surface area contributed by atoms with Crippen molar-refractivity contribution in [1.29, 1.82) is 0 Å². The summed E-state index contributed by atoms with van der Waals surface area (Å²) in [6.07, 6.45) is 0.863. The summed E-state index contributed by atoms with van der Waals surface area (Å²) in [6.45, 7) is 2.13. The molecular formula is C52H54N4O8S. The fourth-order valence-electron chi connectivity index (χ4n) is 8.18. The molecular weight excluding hydrogens is 841 g/mol. The summed E-state index contributed by atoms with van der Waals surface area (Å²) in [4.78, 5) is 3.06. The Labute approximate surface area is 380 Å². The molecule has 8 rings (SSSR count). The molecule has 13 heteroatoms. The van der Waals surface area contributed by atoms with E-state index in [0.29, 0.717) is 31.7 Å². The third-order valence-corrected chi connectivity index (χ3v) is 13.2. The number of nitrogens with zero attached hydrogens (tertiary/aromatic N) is 4. The van der Waals surface area contributed by atoms with Gasteiger partial charge in [0.05, 0.1) is 43.4 Å². The highest BCUT2D eigenvalue weighted by Gasteiger charge is 2.49. The Morgan fingerprint density at radius 3 is 1.98 bits per heavy atom. The van der Waals surface area contributed by atoms with Crippen LogP contribution in [-0.2, 0) is 64.7 Å². The van der Waals surface area contributed by atoms with E-state index in [1.807, 2.05) is 97.1 Å². The zero-order valence-electron chi connectivity index (χ0n) is 36.2. The van der Waals surface area contributed by atoms with Gasteiger partial charge in [-0.25, -0.2) is 12.4 Å². The number of hydrogen-bond acceptors (Lipinski definition) is 9. The maximum absolute atomic E-state index is 13.9. The molecule has 6 aromatic carbocycles. The first-order valence-corrected chi connectivity index (χ1v) is 23.6. The molecule has 0 spiro atoms. The minimum atomic E-state index is -3.87. The van der Waals surface area contributed by atoms with Crippen molar-refractivity contribution in [2.24, 2.45) is 5.11 Å². The average molecular weight is 895 g/mol. The molecule has 0 aliphatic carbocycles. The first kappa shape index (κ1) is 45.7. The van der Waals surface area contributed by atoms with Crippen LogP contribution >= 0.6 is 0 Å². The smallest absolute Gasteiger partial charge is 0.268 e. The van der Waals surface area contributed by atoms with Crippen LogP contribution in [0.15, 0.2) is 174 Å². The quantitative estimate of drug-likeness (QED) is 0.0267. The lowest BCUT2D eigenvalue weighted by atomic mass is 9.97. The summed E-state index contributed by atoms with van der Waals surface area (Å²) in [5.41, 5.74) is 13.0. The van der Waals surface area contributed by atoms with E-state index in [0.717, 1.165) is 57.7 Å². The standard InChI is InChI=1S/C52H54N4O8S/c53-55-54-30-15-4-16-31-59-38-48-49(61-35-39-17-5-1-6-18-39)50(62-36-40-19-7-2-8-20-40)51(63-37-41-27-28-42-21-11-12-22-43(42)33-41)52(64-48)60-32-29-44-34-56(47-26-14-13-25-46(44)47)65(57,58)45-23-9-3-10-24-45/h1-3,5-14,17-28,33-34,48-52H,4,15-16,29-32,35-38H2/t48-,49-,50+,51-,52-/m1/s1. The van der Waals surface area contributed by atoms with E-state index in [-0.39, 0.29) is 31.3 Å². The van der Waals surface area contributed by atoms with Gasteiger partial charge in [0.2, 0.25) is 0 Å². The lowest BCUT2D eigenvalue weighted by molar-refractivity contribution is -0.328. The van der Waals surface area contributed by atoms with Gasteiger partial charge in [-0.15, -0.1) is 0 Å². The number of fused-ring (bicyclic) bond motifs is 2. The normalized spacial score (nSPS) is 18.7. The molecule has 0 amide bonds.